The minimum absolute atomic E-state index is 0.379. The third kappa shape index (κ3) is 4.41. The maximum atomic E-state index is 8.57. The summed E-state index contributed by atoms with van der Waals surface area (Å²) in [7, 11) is 1.57. The molecule has 0 saturated carbocycles. The average molecular weight is 301 g/mol. The van der Waals surface area contributed by atoms with Gasteiger partial charge in [-0.15, -0.1) is 0 Å². The minimum Gasteiger partial charge on any atom is -0.493 e. The van der Waals surface area contributed by atoms with Gasteiger partial charge in [0.2, 0.25) is 0 Å². The van der Waals surface area contributed by atoms with Crippen molar-refractivity contribution in [3.63, 3.8) is 0 Å². The van der Waals surface area contributed by atoms with Crippen molar-refractivity contribution < 1.29 is 19.4 Å². The summed E-state index contributed by atoms with van der Waals surface area (Å²) < 4.78 is 16.5. The largest absolute Gasteiger partial charge is 0.493 e. The van der Waals surface area contributed by atoms with Crippen LogP contribution in [0.15, 0.2) is 47.6 Å². The van der Waals surface area contributed by atoms with Gasteiger partial charge in [-0.2, -0.15) is 0 Å². The lowest BCUT2D eigenvalue weighted by molar-refractivity contribution is 0.211. The Balaban J connectivity index is 1.90. The summed E-state index contributed by atoms with van der Waals surface area (Å²) in [5.41, 5.74) is 1.91. The van der Waals surface area contributed by atoms with E-state index in [-0.39, 0.29) is 0 Å². The third-order valence-corrected chi connectivity index (χ3v) is 3.03. The molecule has 0 bridgehead atoms. The fraction of sp³-hybridized carbons (Fsp3) is 0.235. The van der Waals surface area contributed by atoms with E-state index in [1.54, 1.807) is 25.3 Å². The van der Waals surface area contributed by atoms with E-state index in [2.05, 4.69) is 5.16 Å². The second-order valence-corrected chi connectivity index (χ2v) is 4.66. The van der Waals surface area contributed by atoms with Crippen LogP contribution in [0.1, 0.15) is 11.1 Å². The smallest absolute Gasteiger partial charge is 0.161 e. The monoisotopic (exact) mass is 301 g/mol. The van der Waals surface area contributed by atoms with Gasteiger partial charge in [0, 0.05) is 5.56 Å². The average Bonchev–Trinajstić information content (AvgIpc) is 2.54. The Labute approximate surface area is 129 Å². The molecule has 0 aromatic heterocycles. The normalized spacial score (nSPS) is 10.6. The Kier molecular flexibility index (Phi) is 5.65. The molecule has 22 heavy (non-hydrogen) atoms. The summed E-state index contributed by atoms with van der Waals surface area (Å²) in [6.07, 6.45) is 1.33. The molecule has 2 aromatic carbocycles. The molecular weight excluding hydrogens is 282 g/mol. The number of hydrogen-bond donors (Lipinski definition) is 1. The standard InChI is InChI=1S/C17H19NO4/c1-13-3-6-15(7-4-13)21-9-10-22-17-11-14(12-18-19)5-8-16(17)20-2/h3-8,11-12,19H,9-10H2,1-2H3. The Morgan fingerprint density at radius 3 is 2.41 bits per heavy atom. The highest BCUT2D eigenvalue weighted by molar-refractivity contribution is 5.80. The van der Waals surface area contributed by atoms with Gasteiger partial charge in [-0.05, 0) is 37.3 Å². The highest BCUT2D eigenvalue weighted by atomic mass is 16.5. The number of nitrogens with zero attached hydrogens (tertiary/aromatic N) is 1. The molecule has 2 aromatic rings. The predicted octanol–water partition coefficient (Wildman–Crippen LogP) is 3.27. The SMILES string of the molecule is COc1ccc(C=NO)cc1OCCOc1ccc(C)cc1. The van der Waals surface area contributed by atoms with E-state index >= 15 is 0 Å². The van der Waals surface area contributed by atoms with Crippen molar-refractivity contribution in [3.8, 4) is 17.2 Å². The topological polar surface area (TPSA) is 60.3 Å². The summed E-state index contributed by atoms with van der Waals surface area (Å²) in [6.45, 7) is 2.83. The molecule has 0 aliphatic carbocycles. The maximum Gasteiger partial charge on any atom is 0.161 e. The van der Waals surface area contributed by atoms with Gasteiger partial charge < -0.3 is 19.4 Å². The van der Waals surface area contributed by atoms with Gasteiger partial charge >= 0.3 is 0 Å². The van der Waals surface area contributed by atoms with Gasteiger partial charge in [0.05, 0.1) is 13.3 Å². The summed E-state index contributed by atoms with van der Waals surface area (Å²) in [5.74, 6) is 2.00. The first-order chi connectivity index (χ1) is 10.7. The van der Waals surface area contributed by atoms with Crippen LogP contribution in [0.2, 0.25) is 0 Å². The van der Waals surface area contributed by atoms with E-state index in [1.807, 2.05) is 31.2 Å². The van der Waals surface area contributed by atoms with Crippen LogP contribution in [0.25, 0.3) is 0 Å². The fourth-order valence-electron chi connectivity index (χ4n) is 1.90. The van der Waals surface area contributed by atoms with E-state index in [4.69, 9.17) is 19.4 Å². The lowest BCUT2D eigenvalue weighted by Gasteiger charge is -2.12. The van der Waals surface area contributed by atoms with E-state index in [0.29, 0.717) is 24.7 Å². The Hall–Kier alpha value is -2.69. The Bertz CT molecular complexity index is 623. The van der Waals surface area contributed by atoms with Crippen molar-refractivity contribution in [2.45, 2.75) is 6.92 Å². The van der Waals surface area contributed by atoms with E-state index in [1.165, 1.54) is 11.8 Å². The van der Waals surface area contributed by atoms with Crippen LogP contribution >= 0.6 is 0 Å². The molecule has 0 spiro atoms. The second-order valence-electron chi connectivity index (χ2n) is 4.66. The number of hydrogen-bond acceptors (Lipinski definition) is 5. The number of methoxy groups -OCH3 is 1. The quantitative estimate of drug-likeness (QED) is 0.369. The zero-order chi connectivity index (χ0) is 15.8. The summed E-state index contributed by atoms with van der Waals surface area (Å²) >= 11 is 0. The van der Waals surface area contributed by atoms with Gasteiger partial charge in [-0.3, -0.25) is 0 Å². The van der Waals surface area contributed by atoms with Crippen LogP contribution in [0.3, 0.4) is 0 Å². The first-order valence-corrected chi connectivity index (χ1v) is 6.90. The minimum atomic E-state index is 0.379. The lowest BCUT2D eigenvalue weighted by atomic mass is 10.2. The molecule has 5 nitrogen and oxygen atoms in total. The second kappa shape index (κ2) is 7.93. The molecule has 0 heterocycles. The van der Waals surface area contributed by atoms with Crippen molar-refractivity contribution in [2.75, 3.05) is 20.3 Å². The highest BCUT2D eigenvalue weighted by Gasteiger charge is 2.05. The maximum absolute atomic E-state index is 8.57. The zero-order valence-corrected chi connectivity index (χ0v) is 12.7. The van der Waals surface area contributed by atoms with Gasteiger partial charge in [0.25, 0.3) is 0 Å². The molecule has 5 heteroatoms. The number of oxime groups is 1. The first kappa shape index (κ1) is 15.7. The van der Waals surface area contributed by atoms with Crippen LogP contribution in [0.5, 0.6) is 17.2 Å². The predicted molar refractivity (Wildman–Crippen MR) is 84.5 cm³/mol. The van der Waals surface area contributed by atoms with Crippen molar-refractivity contribution in [1.29, 1.82) is 0 Å². The van der Waals surface area contributed by atoms with E-state index in [9.17, 15) is 0 Å². The highest BCUT2D eigenvalue weighted by Crippen LogP contribution is 2.27. The summed E-state index contributed by atoms with van der Waals surface area (Å²) in [5, 5.41) is 11.6. The van der Waals surface area contributed by atoms with Crippen LogP contribution < -0.4 is 14.2 Å². The number of rotatable bonds is 7. The lowest BCUT2D eigenvalue weighted by Crippen LogP contribution is -2.09. The van der Waals surface area contributed by atoms with Crippen molar-refractivity contribution in [3.05, 3.63) is 53.6 Å². The zero-order valence-electron chi connectivity index (χ0n) is 12.7. The van der Waals surface area contributed by atoms with Gasteiger partial charge in [-0.1, -0.05) is 22.9 Å². The molecule has 0 aliphatic rings. The molecule has 2 rings (SSSR count). The van der Waals surface area contributed by atoms with Crippen molar-refractivity contribution in [2.24, 2.45) is 5.16 Å². The molecule has 0 unspecified atom stereocenters. The van der Waals surface area contributed by atoms with Crippen LogP contribution in [-0.2, 0) is 0 Å². The van der Waals surface area contributed by atoms with Crippen molar-refractivity contribution >= 4 is 6.21 Å². The molecule has 0 aliphatic heterocycles. The summed E-state index contributed by atoms with van der Waals surface area (Å²) in [4.78, 5) is 0. The molecule has 116 valence electrons. The third-order valence-electron chi connectivity index (χ3n) is 3.03. The number of aryl methyl sites for hydroxylation is 1. The number of ether oxygens (including phenoxy) is 3. The molecule has 0 radical (unpaired) electrons. The fourth-order valence-corrected chi connectivity index (χ4v) is 1.90. The van der Waals surface area contributed by atoms with Crippen LogP contribution in [-0.4, -0.2) is 31.7 Å². The molecule has 0 fully saturated rings. The van der Waals surface area contributed by atoms with Crippen LogP contribution in [0, 0.1) is 6.92 Å². The van der Waals surface area contributed by atoms with E-state index in [0.717, 1.165) is 11.3 Å². The Morgan fingerprint density at radius 2 is 1.73 bits per heavy atom. The first-order valence-electron chi connectivity index (χ1n) is 6.90. The molecule has 1 N–H and O–H groups in total. The number of benzene rings is 2. The van der Waals surface area contributed by atoms with E-state index < -0.39 is 0 Å². The van der Waals surface area contributed by atoms with Gasteiger partial charge in [0.15, 0.2) is 11.5 Å². The molecule has 0 amide bonds. The molecule has 0 atom stereocenters. The molecular formula is C17H19NO4. The van der Waals surface area contributed by atoms with Crippen molar-refractivity contribution in [1.82, 2.24) is 0 Å². The van der Waals surface area contributed by atoms with Gasteiger partial charge in [0.1, 0.15) is 19.0 Å². The molecule has 0 saturated heterocycles. The Morgan fingerprint density at radius 1 is 1.00 bits per heavy atom. The van der Waals surface area contributed by atoms with Crippen LogP contribution in [0.4, 0.5) is 0 Å². The van der Waals surface area contributed by atoms with Gasteiger partial charge in [-0.25, -0.2) is 0 Å². The summed E-state index contributed by atoms with van der Waals surface area (Å²) in [6, 6.07) is 13.1.